The minimum Gasteiger partial charge on any atom is -0.467 e. The molecule has 0 radical (unpaired) electrons. The lowest BCUT2D eigenvalue weighted by Gasteiger charge is -2.18. The molecule has 2 aromatic carbocycles. The van der Waals surface area contributed by atoms with Crippen LogP contribution in [0.15, 0.2) is 64.7 Å². The zero-order chi connectivity index (χ0) is 19.1. The molecule has 5 nitrogen and oxygen atoms in total. The fourth-order valence-corrected chi connectivity index (χ4v) is 4.89. The number of amides is 1. The summed E-state index contributed by atoms with van der Waals surface area (Å²) in [5.41, 5.74) is 4.05. The van der Waals surface area contributed by atoms with Crippen molar-refractivity contribution in [2.24, 2.45) is 0 Å². The molecule has 8 heteroatoms. The summed E-state index contributed by atoms with van der Waals surface area (Å²) >= 11 is 9.04. The van der Waals surface area contributed by atoms with Gasteiger partial charge in [0, 0.05) is 10.6 Å². The van der Waals surface area contributed by atoms with E-state index in [4.69, 9.17) is 16.0 Å². The minimum absolute atomic E-state index is 0.142. The number of benzene rings is 2. The molecule has 0 aliphatic heterocycles. The van der Waals surface area contributed by atoms with E-state index in [1.165, 1.54) is 22.7 Å². The number of carbonyl (C=O) groups excluding carboxylic acids is 1. The van der Waals surface area contributed by atoms with Gasteiger partial charge in [0.05, 0.1) is 38.8 Å². The smallest absolute Gasteiger partial charge is 0.260 e. The molecular formula is C20H12ClN3O2S2. The van der Waals surface area contributed by atoms with Crippen molar-refractivity contribution in [3.05, 3.63) is 76.7 Å². The van der Waals surface area contributed by atoms with Gasteiger partial charge in [-0.05, 0) is 48.5 Å². The Kier molecular flexibility index (Phi) is 4.35. The Bertz CT molecular complexity index is 1290. The fraction of sp³-hybridized carbons (Fsp3) is 0.0500. The van der Waals surface area contributed by atoms with Crippen molar-refractivity contribution in [2.45, 2.75) is 6.54 Å². The van der Waals surface area contributed by atoms with Crippen molar-refractivity contribution in [2.75, 3.05) is 4.90 Å². The maximum Gasteiger partial charge on any atom is 0.260 e. The van der Waals surface area contributed by atoms with Gasteiger partial charge in [-0.2, -0.15) is 0 Å². The molecule has 1 amide bonds. The molecule has 0 bridgehead atoms. The van der Waals surface area contributed by atoms with E-state index in [0.717, 1.165) is 20.4 Å². The molecule has 0 atom stereocenters. The molecule has 0 saturated heterocycles. The van der Waals surface area contributed by atoms with E-state index < -0.39 is 0 Å². The first kappa shape index (κ1) is 17.4. The Morgan fingerprint density at radius 3 is 2.86 bits per heavy atom. The highest BCUT2D eigenvalue weighted by molar-refractivity contribution is 7.22. The molecular weight excluding hydrogens is 414 g/mol. The van der Waals surface area contributed by atoms with Crippen LogP contribution in [0, 0.1) is 0 Å². The van der Waals surface area contributed by atoms with Crippen LogP contribution in [0.5, 0.6) is 0 Å². The fourth-order valence-electron chi connectivity index (χ4n) is 2.93. The molecule has 138 valence electrons. The lowest BCUT2D eigenvalue weighted by molar-refractivity contribution is 0.0983. The SMILES string of the molecule is O=C(c1ccc2ncsc2c1)N(Cc1ccco1)c1nc2ccc(Cl)cc2s1. The molecule has 0 fully saturated rings. The Labute approximate surface area is 172 Å². The van der Waals surface area contributed by atoms with Gasteiger partial charge >= 0.3 is 0 Å². The number of nitrogens with zero attached hydrogens (tertiary/aromatic N) is 3. The van der Waals surface area contributed by atoms with E-state index >= 15 is 0 Å². The summed E-state index contributed by atoms with van der Waals surface area (Å²) in [4.78, 5) is 24.0. The first-order chi connectivity index (χ1) is 13.7. The topological polar surface area (TPSA) is 59.2 Å². The van der Waals surface area contributed by atoms with Gasteiger partial charge in [-0.15, -0.1) is 11.3 Å². The number of carbonyl (C=O) groups is 1. The number of anilines is 1. The van der Waals surface area contributed by atoms with E-state index in [1.54, 1.807) is 34.9 Å². The van der Waals surface area contributed by atoms with Crippen LogP contribution >= 0.6 is 34.3 Å². The highest BCUT2D eigenvalue weighted by Gasteiger charge is 2.23. The molecule has 3 heterocycles. The largest absolute Gasteiger partial charge is 0.467 e. The summed E-state index contributed by atoms with van der Waals surface area (Å²) in [6.45, 7) is 0.292. The molecule has 0 spiro atoms. The maximum absolute atomic E-state index is 13.4. The molecule has 0 aliphatic carbocycles. The third-order valence-corrected chi connectivity index (χ3v) is 6.36. The number of halogens is 1. The van der Waals surface area contributed by atoms with Crippen molar-refractivity contribution in [1.29, 1.82) is 0 Å². The number of aromatic nitrogens is 2. The third-order valence-electron chi connectivity index (χ3n) is 4.29. The standard InChI is InChI=1S/C20H12ClN3O2S2/c21-13-4-6-16-18(9-13)28-20(23-16)24(10-14-2-1-7-26-14)19(25)12-3-5-15-17(8-12)27-11-22-15/h1-9,11H,10H2. The van der Waals surface area contributed by atoms with Crippen molar-refractivity contribution in [3.63, 3.8) is 0 Å². The van der Waals surface area contributed by atoms with E-state index in [-0.39, 0.29) is 5.91 Å². The highest BCUT2D eigenvalue weighted by atomic mass is 35.5. The summed E-state index contributed by atoms with van der Waals surface area (Å²) in [5.74, 6) is 0.543. The van der Waals surface area contributed by atoms with E-state index in [0.29, 0.717) is 28.0 Å². The maximum atomic E-state index is 13.4. The quantitative estimate of drug-likeness (QED) is 0.354. The highest BCUT2D eigenvalue weighted by Crippen LogP contribution is 2.33. The van der Waals surface area contributed by atoms with E-state index in [1.807, 2.05) is 30.3 Å². The van der Waals surface area contributed by atoms with Crippen LogP contribution in [0.3, 0.4) is 0 Å². The first-order valence-electron chi connectivity index (χ1n) is 8.41. The second-order valence-corrected chi connectivity index (χ2v) is 8.45. The van der Waals surface area contributed by atoms with Crippen LogP contribution in [-0.4, -0.2) is 15.9 Å². The number of hydrogen-bond donors (Lipinski definition) is 0. The zero-order valence-electron chi connectivity index (χ0n) is 14.3. The van der Waals surface area contributed by atoms with Crippen LogP contribution in [-0.2, 0) is 6.54 Å². The average molecular weight is 426 g/mol. The monoisotopic (exact) mass is 425 g/mol. The van der Waals surface area contributed by atoms with Gasteiger partial charge in [0.1, 0.15) is 5.76 Å². The average Bonchev–Trinajstić information content (AvgIpc) is 3.44. The van der Waals surface area contributed by atoms with Crippen molar-refractivity contribution < 1.29 is 9.21 Å². The lowest BCUT2D eigenvalue weighted by atomic mass is 10.2. The molecule has 5 rings (SSSR count). The summed E-state index contributed by atoms with van der Waals surface area (Å²) in [6, 6.07) is 14.7. The van der Waals surface area contributed by atoms with Crippen LogP contribution < -0.4 is 4.90 Å². The Balaban J connectivity index is 1.58. The second-order valence-electron chi connectivity index (χ2n) is 6.11. The van der Waals surface area contributed by atoms with Gasteiger partial charge in [0.25, 0.3) is 5.91 Å². The van der Waals surface area contributed by atoms with Gasteiger partial charge in [-0.25, -0.2) is 9.97 Å². The Hall–Kier alpha value is -2.74. The molecule has 0 N–H and O–H groups in total. The zero-order valence-corrected chi connectivity index (χ0v) is 16.7. The minimum atomic E-state index is -0.142. The lowest BCUT2D eigenvalue weighted by Crippen LogP contribution is -2.30. The molecule has 0 unspecified atom stereocenters. The Morgan fingerprint density at radius 1 is 1.11 bits per heavy atom. The van der Waals surface area contributed by atoms with Crippen molar-refractivity contribution in [1.82, 2.24) is 9.97 Å². The molecule has 0 saturated carbocycles. The summed E-state index contributed by atoms with van der Waals surface area (Å²) in [7, 11) is 0. The predicted molar refractivity (Wildman–Crippen MR) is 113 cm³/mol. The predicted octanol–water partition coefficient (Wildman–Crippen LogP) is 6.00. The normalized spacial score (nSPS) is 11.3. The van der Waals surface area contributed by atoms with Gasteiger partial charge in [-0.3, -0.25) is 9.69 Å². The number of hydrogen-bond acceptors (Lipinski definition) is 6. The van der Waals surface area contributed by atoms with Crippen LogP contribution in [0.2, 0.25) is 5.02 Å². The number of furan rings is 1. The van der Waals surface area contributed by atoms with Crippen molar-refractivity contribution >= 4 is 65.7 Å². The summed E-state index contributed by atoms with van der Waals surface area (Å²) in [6.07, 6.45) is 1.60. The summed E-state index contributed by atoms with van der Waals surface area (Å²) in [5, 5.41) is 1.24. The molecule has 28 heavy (non-hydrogen) atoms. The second kappa shape index (κ2) is 7.01. The van der Waals surface area contributed by atoms with Gasteiger partial charge in [0.2, 0.25) is 0 Å². The van der Waals surface area contributed by atoms with Gasteiger partial charge in [-0.1, -0.05) is 22.9 Å². The first-order valence-corrected chi connectivity index (χ1v) is 10.5. The van der Waals surface area contributed by atoms with Crippen LogP contribution in [0.25, 0.3) is 20.4 Å². The Morgan fingerprint density at radius 2 is 2.00 bits per heavy atom. The van der Waals surface area contributed by atoms with E-state index in [9.17, 15) is 4.79 Å². The van der Waals surface area contributed by atoms with Gasteiger partial charge < -0.3 is 4.42 Å². The van der Waals surface area contributed by atoms with Crippen molar-refractivity contribution in [3.8, 4) is 0 Å². The molecule has 3 aromatic heterocycles. The number of rotatable bonds is 4. The third kappa shape index (κ3) is 3.17. The summed E-state index contributed by atoms with van der Waals surface area (Å²) < 4.78 is 7.38. The van der Waals surface area contributed by atoms with Crippen LogP contribution in [0.1, 0.15) is 16.1 Å². The number of thiazole rings is 2. The molecule has 5 aromatic rings. The number of fused-ring (bicyclic) bond motifs is 2. The van der Waals surface area contributed by atoms with Gasteiger partial charge in [0.15, 0.2) is 5.13 Å². The molecule has 0 aliphatic rings. The van der Waals surface area contributed by atoms with Crippen LogP contribution in [0.4, 0.5) is 5.13 Å². The van der Waals surface area contributed by atoms with E-state index in [2.05, 4.69) is 9.97 Å².